The van der Waals surface area contributed by atoms with Gasteiger partial charge in [-0.05, 0) is 50.7 Å². The summed E-state index contributed by atoms with van der Waals surface area (Å²) in [7, 11) is 0. The normalized spacial score (nSPS) is 34.7. The summed E-state index contributed by atoms with van der Waals surface area (Å²) in [6.07, 6.45) is 10.8. The fraction of sp³-hybridized carbons (Fsp3) is 1.00. The second-order valence-electron chi connectivity index (χ2n) is 4.89. The van der Waals surface area contributed by atoms with E-state index in [1.165, 1.54) is 38.5 Å². The molecule has 2 aliphatic carbocycles. The van der Waals surface area contributed by atoms with E-state index in [-0.39, 0.29) is 0 Å². The molecule has 2 rings (SSSR count). The van der Waals surface area contributed by atoms with Crippen LogP contribution in [-0.2, 0) is 0 Å². The third-order valence-electron chi connectivity index (χ3n) is 3.80. The first-order chi connectivity index (χ1) is 6.83. The molecule has 0 saturated heterocycles. The third-order valence-corrected chi connectivity index (χ3v) is 4.89. The lowest BCUT2D eigenvalue weighted by Crippen LogP contribution is -2.38. The molecule has 2 fully saturated rings. The fourth-order valence-electron chi connectivity index (χ4n) is 2.69. The Morgan fingerprint density at radius 3 is 2.57 bits per heavy atom. The van der Waals surface area contributed by atoms with Crippen molar-refractivity contribution in [2.24, 2.45) is 5.92 Å². The predicted octanol–water partition coefficient (Wildman–Crippen LogP) is 3.05. The van der Waals surface area contributed by atoms with E-state index in [1.54, 1.807) is 0 Å². The molecule has 0 radical (unpaired) electrons. The van der Waals surface area contributed by atoms with E-state index in [0.29, 0.717) is 0 Å². The number of thioether (sulfide) groups is 1. The smallest absolute Gasteiger partial charge is 0.00953 e. The fourth-order valence-corrected chi connectivity index (χ4v) is 3.49. The van der Waals surface area contributed by atoms with Crippen LogP contribution in [0.4, 0.5) is 0 Å². The zero-order valence-corrected chi connectivity index (χ0v) is 10.3. The highest BCUT2D eigenvalue weighted by molar-refractivity contribution is 7.99. The molecular formula is C12H23NS. The van der Waals surface area contributed by atoms with Crippen LogP contribution in [-0.4, -0.2) is 23.6 Å². The van der Waals surface area contributed by atoms with Crippen molar-refractivity contribution in [3.05, 3.63) is 0 Å². The minimum absolute atomic E-state index is 0.831. The van der Waals surface area contributed by atoms with Gasteiger partial charge in [0.05, 0.1) is 0 Å². The second-order valence-corrected chi connectivity index (χ2v) is 6.02. The molecule has 0 aliphatic heterocycles. The highest BCUT2D eigenvalue weighted by Gasteiger charge is 2.33. The Bertz CT molecular complexity index is 179. The van der Waals surface area contributed by atoms with Gasteiger partial charge in [-0.15, -0.1) is 0 Å². The van der Waals surface area contributed by atoms with Gasteiger partial charge in [0.15, 0.2) is 0 Å². The first kappa shape index (κ1) is 10.8. The van der Waals surface area contributed by atoms with Crippen LogP contribution in [0.15, 0.2) is 0 Å². The van der Waals surface area contributed by atoms with Crippen molar-refractivity contribution < 1.29 is 0 Å². The lowest BCUT2D eigenvalue weighted by molar-refractivity contribution is 0.387. The van der Waals surface area contributed by atoms with Crippen molar-refractivity contribution in [3.63, 3.8) is 0 Å². The Morgan fingerprint density at radius 2 is 2.07 bits per heavy atom. The van der Waals surface area contributed by atoms with Gasteiger partial charge in [-0.3, -0.25) is 0 Å². The summed E-state index contributed by atoms with van der Waals surface area (Å²) >= 11 is 2.05. The zero-order valence-electron chi connectivity index (χ0n) is 9.46. The Labute approximate surface area is 92.4 Å². The van der Waals surface area contributed by atoms with Gasteiger partial charge in [0.1, 0.15) is 0 Å². The second kappa shape index (κ2) is 4.89. The SMILES string of the molecule is CCC(NC1CCC(SC)C1)C1CC1. The highest BCUT2D eigenvalue weighted by Crippen LogP contribution is 2.36. The van der Waals surface area contributed by atoms with Crippen LogP contribution in [0.25, 0.3) is 0 Å². The van der Waals surface area contributed by atoms with Gasteiger partial charge < -0.3 is 5.32 Å². The molecule has 1 nitrogen and oxygen atoms in total. The van der Waals surface area contributed by atoms with E-state index in [0.717, 1.165) is 23.3 Å². The van der Waals surface area contributed by atoms with Crippen molar-refractivity contribution in [1.82, 2.24) is 5.32 Å². The van der Waals surface area contributed by atoms with Gasteiger partial charge in [0, 0.05) is 17.3 Å². The van der Waals surface area contributed by atoms with E-state index in [2.05, 4.69) is 30.3 Å². The van der Waals surface area contributed by atoms with E-state index in [9.17, 15) is 0 Å². The van der Waals surface area contributed by atoms with Crippen LogP contribution in [0, 0.1) is 5.92 Å². The molecular weight excluding hydrogens is 190 g/mol. The molecule has 0 aromatic rings. The minimum Gasteiger partial charge on any atom is -0.311 e. The van der Waals surface area contributed by atoms with Crippen LogP contribution in [0.1, 0.15) is 45.4 Å². The van der Waals surface area contributed by atoms with Crippen molar-refractivity contribution in [2.45, 2.75) is 62.8 Å². The molecule has 2 aliphatic rings. The van der Waals surface area contributed by atoms with Crippen LogP contribution in [0.5, 0.6) is 0 Å². The summed E-state index contributed by atoms with van der Waals surface area (Å²) < 4.78 is 0. The van der Waals surface area contributed by atoms with E-state index >= 15 is 0 Å². The monoisotopic (exact) mass is 213 g/mol. The predicted molar refractivity (Wildman–Crippen MR) is 64.9 cm³/mol. The summed E-state index contributed by atoms with van der Waals surface area (Å²) in [6.45, 7) is 2.33. The van der Waals surface area contributed by atoms with Crippen LogP contribution < -0.4 is 5.32 Å². The van der Waals surface area contributed by atoms with Crippen molar-refractivity contribution in [1.29, 1.82) is 0 Å². The number of hydrogen-bond acceptors (Lipinski definition) is 2. The molecule has 2 saturated carbocycles. The molecule has 0 bridgehead atoms. The standard InChI is InChI=1S/C12H23NS/c1-3-12(9-4-5-9)13-10-6-7-11(8-10)14-2/h9-13H,3-8H2,1-2H3. The molecule has 82 valence electrons. The van der Waals surface area contributed by atoms with Crippen molar-refractivity contribution in [3.8, 4) is 0 Å². The molecule has 14 heavy (non-hydrogen) atoms. The van der Waals surface area contributed by atoms with Crippen LogP contribution >= 0.6 is 11.8 Å². The largest absolute Gasteiger partial charge is 0.311 e. The quantitative estimate of drug-likeness (QED) is 0.753. The molecule has 0 aromatic heterocycles. The van der Waals surface area contributed by atoms with Gasteiger partial charge in [-0.25, -0.2) is 0 Å². The zero-order chi connectivity index (χ0) is 9.97. The molecule has 3 unspecified atom stereocenters. The molecule has 0 spiro atoms. The number of nitrogens with one attached hydrogen (secondary N) is 1. The Morgan fingerprint density at radius 1 is 1.29 bits per heavy atom. The molecule has 3 atom stereocenters. The van der Waals surface area contributed by atoms with Gasteiger partial charge in [-0.2, -0.15) is 11.8 Å². The summed E-state index contributed by atoms with van der Waals surface area (Å²) in [5.74, 6) is 1.02. The van der Waals surface area contributed by atoms with Gasteiger partial charge in [-0.1, -0.05) is 6.92 Å². The molecule has 0 heterocycles. The van der Waals surface area contributed by atoms with Crippen LogP contribution in [0.2, 0.25) is 0 Å². The maximum atomic E-state index is 3.88. The van der Waals surface area contributed by atoms with Crippen LogP contribution in [0.3, 0.4) is 0 Å². The van der Waals surface area contributed by atoms with Gasteiger partial charge in [0.25, 0.3) is 0 Å². The van der Waals surface area contributed by atoms with Gasteiger partial charge in [0.2, 0.25) is 0 Å². The van der Waals surface area contributed by atoms with E-state index in [1.807, 2.05) is 0 Å². The maximum absolute atomic E-state index is 3.88. The topological polar surface area (TPSA) is 12.0 Å². The molecule has 2 heteroatoms. The highest BCUT2D eigenvalue weighted by atomic mass is 32.2. The average Bonchev–Trinajstić information content (AvgIpc) is 2.95. The van der Waals surface area contributed by atoms with Crippen molar-refractivity contribution in [2.75, 3.05) is 6.26 Å². The summed E-state index contributed by atoms with van der Waals surface area (Å²) in [5, 5.41) is 4.81. The van der Waals surface area contributed by atoms with E-state index in [4.69, 9.17) is 0 Å². The summed E-state index contributed by atoms with van der Waals surface area (Å²) in [5.41, 5.74) is 0. The summed E-state index contributed by atoms with van der Waals surface area (Å²) in [6, 6.07) is 1.67. The summed E-state index contributed by atoms with van der Waals surface area (Å²) in [4.78, 5) is 0. The minimum atomic E-state index is 0.831. The first-order valence-corrected chi connectivity index (χ1v) is 7.41. The number of hydrogen-bond donors (Lipinski definition) is 1. The van der Waals surface area contributed by atoms with Gasteiger partial charge >= 0.3 is 0 Å². The molecule has 0 amide bonds. The lowest BCUT2D eigenvalue weighted by atomic mass is 10.1. The molecule has 1 N–H and O–H groups in total. The van der Waals surface area contributed by atoms with Crippen molar-refractivity contribution >= 4 is 11.8 Å². The Hall–Kier alpha value is 0.310. The maximum Gasteiger partial charge on any atom is 0.00953 e. The molecule has 0 aromatic carbocycles. The Balaban J connectivity index is 1.73. The third kappa shape index (κ3) is 2.66. The Kier molecular flexibility index (Phi) is 3.78. The number of rotatable bonds is 5. The average molecular weight is 213 g/mol. The van der Waals surface area contributed by atoms with E-state index < -0.39 is 0 Å². The first-order valence-electron chi connectivity index (χ1n) is 6.12. The lowest BCUT2D eigenvalue weighted by Gasteiger charge is -2.21.